The number of nitrogens with two attached hydrogens (primary N) is 1. The highest BCUT2D eigenvalue weighted by atomic mass is 35.5. The van der Waals surface area contributed by atoms with Gasteiger partial charge in [0.2, 0.25) is 0 Å². The van der Waals surface area contributed by atoms with Gasteiger partial charge in [0, 0.05) is 54.9 Å². The standard InChI is InChI=1S/C28H32ClN3O6/c1-31-11-9-18(22(35)15-31)25-24(38-28(36)32-10-5-4-6-16(32)14-30)13-21(34)26-20(33)12-23(37-27(25)26)17-7-2-3-8-19(17)29/h2-3,7-8,12-13,16,18,22,34-35H,4-6,9-11,14-15,30H2,1H3/t16-,18-,22+/m0/s1. The SMILES string of the molecule is CN1CC[C@H](c2c(OC(=O)N3CCCC[C@H]3CN)cc(O)c3c(=O)cc(-c4ccccc4Cl)oc23)[C@H](O)C1. The Morgan fingerprint density at radius 1 is 1.21 bits per heavy atom. The van der Waals surface area contributed by atoms with E-state index >= 15 is 0 Å². The molecule has 1 amide bonds. The predicted molar refractivity (Wildman–Crippen MR) is 145 cm³/mol. The number of likely N-dealkylation sites (N-methyl/N-ethyl adjacent to an activating group) is 1. The summed E-state index contributed by atoms with van der Waals surface area (Å²) in [6, 6.07) is 9.36. The van der Waals surface area contributed by atoms with Gasteiger partial charge in [-0.3, -0.25) is 4.79 Å². The topological polar surface area (TPSA) is 129 Å². The molecule has 0 aliphatic carbocycles. The number of phenolic OH excluding ortho intramolecular Hbond substituents is 1. The molecule has 2 fully saturated rings. The number of halogens is 1. The van der Waals surface area contributed by atoms with Crippen molar-refractivity contribution in [1.29, 1.82) is 0 Å². The first-order valence-electron chi connectivity index (χ1n) is 12.9. The highest BCUT2D eigenvalue weighted by Crippen LogP contribution is 2.44. The first-order valence-corrected chi connectivity index (χ1v) is 13.3. The minimum atomic E-state index is -0.819. The molecule has 0 spiro atoms. The molecule has 10 heteroatoms. The second-order valence-electron chi connectivity index (χ2n) is 10.1. The van der Waals surface area contributed by atoms with Gasteiger partial charge >= 0.3 is 6.09 Å². The largest absolute Gasteiger partial charge is 0.507 e. The van der Waals surface area contributed by atoms with Crippen LogP contribution in [0.2, 0.25) is 5.02 Å². The number of carbonyl (C=O) groups is 1. The average molecular weight is 542 g/mol. The van der Waals surface area contributed by atoms with E-state index < -0.39 is 23.5 Å². The van der Waals surface area contributed by atoms with E-state index in [-0.39, 0.29) is 34.3 Å². The Morgan fingerprint density at radius 2 is 2.00 bits per heavy atom. The third kappa shape index (κ3) is 4.99. The minimum Gasteiger partial charge on any atom is -0.507 e. The molecule has 2 aliphatic rings. The van der Waals surface area contributed by atoms with E-state index in [1.807, 2.05) is 11.9 Å². The number of aliphatic hydroxyl groups excluding tert-OH is 1. The summed E-state index contributed by atoms with van der Waals surface area (Å²) in [5.41, 5.74) is 6.39. The molecule has 1 aromatic heterocycles. The molecule has 2 saturated heterocycles. The summed E-state index contributed by atoms with van der Waals surface area (Å²) in [6.45, 7) is 1.89. The Labute approximate surface area is 225 Å². The van der Waals surface area contributed by atoms with Crippen molar-refractivity contribution in [3.05, 3.63) is 57.2 Å². The van der Waals surface area contributed by atoms with Gasteiger partial charge < -0.3 is 34.9 Å². The highest BCUT2D eigenvalue weighted by Gasteiger charge is 2.35. The zero-order chi connectivity index (χ0) is 27.0. The van der Waals surface area contributed by atoms with Crippen LogP contribution in [-0.2, 0) is 0 Å². The van der Waals surface area contributed by atoms with Crippen molar-refractivity contribution in [2.24, 2.45) is 5.73 Å². The Bertz CT molecular complexity index is 1410. The van der Waals surface area contributed by atoms with Crippen molar-refractivity contribution in [1.82, 2.24) is 9.80 Å². The molecular formula is C28H32ClN3O6. The second-order valence-corrected chi connectivity index (χ2v) is 10.5. The lowest BCUT2D eigenvalue weighted by Crippen LogP contribution is -2.48. The van der Waals surface area contributed by atoms with Crippen LogP contribution >= 0.6 is 11.6 Å². The Kier molecular flexibility index (Phi) is 7.63. The molecule has 9 nitrogen and oxygen atoms in total. The first kappa shape index (κ1) is 26.5. The lowest BCUT2D eigenvalue weighted by atomic mass is 9.85. The molecule has 4 N–H and O–H groups in total. The molecule has 3 atom stereocenters. The summed E-state index contributed by atoms with van der Waals surface area (Å²) in [4.78, 5) is 30.2. The summed E-state index contributed by atoms with van der Waals surface area (Å²) in [7, 11) is 1.91. The predicted octanol–water partition coefficient (Wildman–Crippen LogP) is 3.91. The van der Waals surface area contributed by atoms with Crippen molar-refractivity contribution in [2.45, 2.75) is 43.7 Å². The number of benzene rings is 2. The quantitative estimate of drug-likeness (QED) is 0.453. The lowest BCUT2D eigenvalue weighted by Gasteiger charge is -2.36. The first-order chi connectivity index (χ1) is 18.3. The summed E-state index contributed by atoms with van der Waals surface area (Å²) in [5, 5.41) is 22.4. The number of hydrogen-bond donors (Lipinski definition) is 3. The highest BCUT2D eigenvalue weighted by molar-refractivity contribution is 6.33. The number of phenols is 1. The Hall–Kier alpha value is -3.11. The summed E-state index contributed by atoms with van der Waals surface area (Å²) >= 11 is 6.39. The Morgan fingerprint density at radius 3 is 2.74 bits per heavy atom. The summed E-state index contributed by atoms with van der Waals surface area (Å²) < 4.78 is 12.2. The molecule has 5 rings (SSSR count). The van der Waals surface area contributed by atoms with Crippen molar-refractivity contribution in [3.63, 3.8) is 0 Å². The van der Waals surface area contributed by atoms with E-state index in [1.54, 1.807) is 29.2 Å². The number of aliphatic hydroxyl groups is 1. The molecule has 3 heterocycles. The summed E-state index contributed by atoms with van der Waals surface area (Å²) in [6.07, 6.45) is 1.71. The average Bonchev–Trinajstić information content (AvgIpc) is 2.89. The smallest absolute Gasteiger partial charge is 0.415 e. The molecule has 0 unspecified atom stereocenters. The summed E-state index contributed by atoms with van der Waals surface area (Å²) in [5.74, 6) is -0.621. The van der Waals surface area contributed by atoms with Crippen molar-refractivity contribution in [3.8, 4) is 22.8 Å². The maximum absolute atomic E-state index is 13.3. The van der Waals surface area contributed by atoms with Crippen molar-refractivity contribution in [2.75, 3.05) is 33.2 Å². The van der Waals surface area contributed by atoms with E-state index in [0.29, 0.717) is 48.7 Å². The van der Waals surface area contributed by atoms with Crippen LogP contribution in [0.25, 0.3) is 22.3 Å². The number of β-amino-alcohol motifs (C(OH)–C–C–N with tert-alkyl or cyclic N) is 1. The van der Waals surface area contributed by atoms with Crippen LogP contribution < -0.4 is 15.9 Å². The molecule has 3 aromatic rings. The van der Waals surface area contributed by atoms with Gasteiger partial charge in [0.15, 0.2) is 5.43 Å². The van der Waals surface area contributed by atoms with Crippen LogP contribution in [0.1, 0.15) is 37.2 Å². The maximum Gasteiger partial charge on any atom is 0.415 e. The number of piperidine rings is 2. The molecular weight excluding hydrogens is 510 g/mol. The monoisotopic (exact) mass is 541 g/mol. The number of hydrogen-bond acceptors (Lipinski definition) is 8. The number of amides is 1. The van der Waals surface area contributed by atoms with Gasteiger partial charge in [-0.15, -0.1) is 0 Å². The van der Waals surface area contributed by atoms with Gasteiger partial charge in [0.25, 0.3) is 0 Å². The van der Waals surface area contributed by atoms with E-state index in [4.69, 9.17) is 26.5 Å². The third-order valence-corrected chi connectivity index (χ3v) is 7.94. The van der Waals surface area contributed by atoms with Gasteiger partial charge in [0.05, 0.1) is 11.1 Å². The van der Waals surface area contributed by atoms with Gasteiger partial charge in [-0.25, -0.2) is 4.79 Å². The lowest BCUT2D eigenvalue weighted by molar-refractivity contribution is 0.0624. The van der Waals surface area contributed by atoms with Crippen LogP contribution in [-0.4, -0.2) is 71.5 Å². The number of ether oxygens (including phenoxy) is 1. The molecule has 2 aromatic carbocycles. The van der Waals surface area contributed by atoms with E-state index in [1.165, 1.54) is 12.1 Å². The van der Waals surface area contributed by atoms with Gasteiger partial charge in [-0.2, -0.15) is 0 Å². The molecule has 202 valence electrons. The van der Waals surface area contributed by atoms with Gasteiger partial charge in [-0.05, 0) is 51.4 Å². The van der Waals surface area contributed by atoms with Gasteiger partial charge in [-0.1, -0.05) is 23.7 Å². The van der Waals surface area contributed by atoms with E-state index in [0.717, 1.165) is 19.3 Å². The molecule has 38 heavy (non-hydrogen) atoms. The molecule has 0 bridgehead atoms. The van der Waals surface area contributed by atoms with Crippen LogP contribution in [0.4, 0.5) is 4.79 Å². The number of rotatable bonds is 4. The molecule has 2 aliphatic heterocycles. The number of carbonyl (C=O) groups excluding carboxylic acids is 1. The zero-order valence-electron chi connectivity index (χ0n) is 21.2. The van der Waals surface area contributed by atoms with Crippen LogP contribution in [0.5, 0.6) is 11.5 Å². The molecule has 0 saturated carbocycles. The van der Waals surface area contributed by atoms with E-state index in [2.05, 4.69) is 0 Å². The van der Waals surface area contributed by atoms with Crippen LogP contribution in [0.15, 0.2) is 45.6 Å². The number of fused-ring (bicyclic) bond motifs is 1. The normalized spacial score (nSPS) is 22.5. The third-order valence-electron chi connectivity index (χ3n) is 7.61. The van der Waals surface area contributed by atoms with Crippen molar-refractivity contribution < 1.29 is 24.2 Å². The number of likely N-dealkylation sites (tertiary alicyclic amines) is 2. The fraction of sp³-hybridized carbons (Fsp3) is 0.429. The zero-order valence-corrected chi connectivity index (χ0v) is 22.0. The Balaban J connectivity index is 1.69. The number of nitrogens with zero attached hydrogens (tertiary/aromatic N) is 2. The van der Waals surface area contributed by atoms with Gasteiger partial charge in [0.1, 0.15) is 28.2 Å². The molecule has 0 radical (unpaired) electrons. The fourth-order valence-corrected chi connectivity index (χ4v) is 5.84. The second kappa shape index (κ2) is 10.9. The fourth-order valence-electron chi connectivity index (χ4n) is 5.61. The van der Waals surface area contributed by atoms with Crippen LogP contribution in [0, 0.1) is 0 Å². The maximum atomic E-state index is 13.3. The van der Waals surface area contributed by atoms with Crippen molar-refractivity contribution >= 4 is 28.7 Å². The minimum absolute atomic E-state index is 0.0421. The number of aromatic hydroxyl groups is 1. The van der Waals surface area contributed by atoms with E-state index in [9.17, 15) is 19.8 Å². The van der Waals surface area contributed by atoms with Crippen LogP contribution in [0.3, 0.4) is 0 Å².